The normalized spacial score (nSPS) is 23.5. The number of carbonyl (C=O) groups excluding carboxylic acids is 1. The maximum atomic E-state index is 12.7. The van der Waals surface area contributed by atoms with Gasteiger partial charge < -0.3 is 5.32 Å². The molecule has 112 valence electrons. The van der Waals surface area contributed by atoms with Gasteiger partial charge in [0.25, 0.3) is 5.56 Å². The predicted octanol–water partition coefficient (Wildman–Crippen LogP) is 1.44. The average Bonchev–Trinajstić information content (AvgIpc) is 3.19. The molecule has 1 unspecified atom stereocenters. The zero-order valence-corrected chi connectivity index (χ0v) is 12.7. The molecule has 2 aliphatic carbocycles. The van der Waals surface area contributed by atoms with Crippen LogP contribution in [0.5, 0.6) is 0 Å². The van der Waals surface area contributed by atoms with Crippen molar-refractivity contribution in [1.82, 2.24) is 14.9 Å². The standard InChI is InChI=1S/C15H19N3O2S/c19-13(16-9-5-6-9)7-10-8-21-15-17-12-4-2-1-3-11(12)14(20)18(10)15/h9-10H,1-8H2,(H,16,19). The van der Waals surface area contributed by atoms with Gasteiger partial charge in [0.05, 0.1) is 11.7 Å². The van der Waals surface area contributed by atoms with Crippen molar-refractivity contribution >= 4 is 17.7 Å². The van der Waals surface area contributed by atoms with Crippen LogP contribution in [-0.2, 0) is 17.6 Å². The zero-order chi connectivity index (χ0) is 14.4. The molecule has 0 radical (unpaired) electrons. The molecule has 0 bridgehead atoms. The van der Waals surface area contributed by atoms with E-state index in [4.69, 9.17) is 0 Å². The molecule has 1 saturated carbocycles. The van der Waals surface area contributed by atoms with Crippen molar-refractivity contribution in [2.24, 2.45) is 0 Å². The summed E-state index contributed by atoms with van der Waals surface area (Å²) in [6.45, 7) is 0. The third-order valence-electron chi connectivity index (χ3n) is 4.49. The Labute approximate surface area is 127 Å². The summed E-state index contributed by atoms with van der Waals surface area (Å²) < 4.78 is 1.78. The van der Waals surface area contributed by atoms with Gasteiger partial charge in [-0.15, -0.1) is 0 Å². The number of aryl methyl sites for hydroxylation is 1. The Morgan fingerprint density at radius 3 is 2.95 bits per heavy atom. The summed E-state index contributed by atoms with van der Waals surface area (Å²) in [7, 11) is 0. The fourth-order valence-electron chi connectivity index (χ4n) is 3.19. The molecule has 1 amide bonds. The monoisotopic (exact) mass is 305 g/mol. The summed E-state index contributed by atoms with van der Waals surface area (Å²) in [5.74, 6) is 0.851. The summed E-state index contributed by atoms with van der Waals surface area (Å²) in [5, 5.41) is 3.82. The number of amides is 1. The number of nitrogens with zero attached hydrogens (tertiary/aromatic N) is 2. The van der Waals surface area contributed by atoms with E-state index >= 15 is 0 Å². The van der Waals surface area contributed by atoms with Crippen LogP contribution in [0.4, 0.5) is 0 Å². The number of thioether (sulfide) groups is 1. The number of nitrogens with one attached hydrogen (secondary N) is 1. The molecule has 4 rings (SSSR count). The van der Waals surface area contributed by atoms with Gasteiger partial charge in [0, 0.05) is 23.8 Å². The molecule has 6 heteroatoms. The Kier molecular flexibility index (Phi) is 3.28. The molecule has 21 heavy (non-hydrogen) atoms. The highest BCUT2D eigenvalue weighted by molar-refractivity contribution is 7.99. The van der Waals surface area contributed by atoms with E-state index in [1.54, 1.807) is 16.3 Å². The van der Waals surface area contributed by atoms with Crippen molar-refractivity contribution in [3.05, 3.63) is 21.6 Å². The summed E-state index contributed by atoms with van der Waals surface area (Å²) in [4.78, 5) is 29.4. The number of hydrogen-bond acceptors (Lipinski definition) is 4. The van der Waals surface area contributed by atoms with E-state index in [1.807, 2.05) is 0 Å². The molecule has 1 atom stereocenters. The lowest BCUT2D eigenvalue weighted by Gasteiger charge is -2.18. The van der Waals surface area contributed by atoms with Gasteiger partial charge in [0.1, 0.15) is 0 Å². The Bertz CT molecular complexity index is 651. The topological polar surface area (TPSA) is 64.0 Å². The molecule has 1 aliphatic heterocycles. The van der Waals surface area contributed by atoms with Crippen molar-refractivity contribution < 1.29 is 4.79 Å². The largest absolute Gasteiger partial charge is 0.353 e. The Balaban J connectivity index is 1.61. The van der Waals surface area contributed by atoms with Gasteiger partial charge in [-0.25, -0.2) is 4.98 Å². The summed E-state index contributed by atoms with van der Waals surface area (Å²) in [5.41, 5.74) is 1.98. The number of hydrogen-bond donors (Lipinski definition) is 1. The highest BCUT2D eigenvalue weighted by Gasteiger charge is 2.31. The van der Waals surface area contributed by atoms with Crippen LogP contribution in [0.25, 0.3) is 0 Å². The molecule has 0 saturated heterocycles. The lowest BCUT2D eigenvalue weighted by atomic mass is 9.97. The number of rotatable bonds is 3. The molecule has 1 aromatic heterocycles. The molecule has 2 heterocycles. The minimum atomic E-state index is -0.0315. The molecule has 1 fully saturated rings. The van der Waals surface area contributed by atoms with Crippen molar-refractivity contribution in [2.45, 2.75) is 62.2 Å². The zero-order valence-electron chi connectivity index (χ0n) is 11.9. The molecule has 5 nitrogen and oxygen atoms in total. The van der Waals surface area contributed by atoms with Crippen LogP contribution in [0, 0.1) is 0 Å². The van der Waals surface area contributed by atoms with Crippen LogP contribution < -0.4 is 10.9 Å². The van der Waals surface area contributed by atoms with Crippen molar-refractivity contribution in [1.29, 1.82) is 0 Å². The number of fused-ring (bicyclic) bond motifs is 2. The molecule has 3 aliphatic rings. The quantitative estimate of drug-likeness (QED) is 0.858. The highest BCUT2D eigenvalue weighted by atomic mass is 32.2. The van der Waals surface area contributed by atoms with Crippen molar-refractivity contribution in [3.63, 3.8) is 0 Å². The second kappa shape index (κ2) is 5.16. The Hall–Kier alpha value is -1.30. The summed E-state index contributed by atoms with van der Waals surface area (Å²) in [6, 6.07) is 0.348. The Morgan fingerprint density at radius 2 is 2.14 bits per heavy atom. The molecule has 1 aromatic rings. The summed E-state index contributed by atoms with van der Waals surface area (Å²) in [6.07, 6.45) is 6.55. The smallest absolute Gasteiger partial charge is 0.257 e. The highest BCUT2D eigenvalue weighted by Crippen LogP contribution is 2.34. The van der Waals surface area contributed by atoms with Gasteiger partial charge >= 0.3 is 0 Å². The Morgan fingerprint density at radius 1 is 1.33 bits per heavy atom. The molecule has 0 aromatic carbocycles. The lowest BCUT2D eigenvalue weighted by Crippen LogP contribution is -2.34. The third-order valence-corrected chi connectivity index (χ3v) is 5.58. The van der Waals surface area contributed by atoms with E-state index in [0.717, 1.165) is 60.7 Å². The van der Waals surface area contributed by atoms with Gasteiger partial charge in [-0.05, 0) is 38.5 Å². The molecule has 1 N–H and O–H groups in total. The second-order valence-electron chi connectivity index (χ2n) is 6.21. The fraction of sp³-hybridized carbons (Fsp3) is 0.667. The van der Waals surface area contributed by atoms with Crippen LogP contribution in [0.2, 0.25) is 0 Å². The van der Waals surface area contributed by atoms with E-state index in [0.29, 0.717) is 12.5 Å². The van der Waals surface area contributed by atoms with E-state index < -0.39 is 0 Å². The van der Waals surface area contributed by atoms with Crippen LogP contribution in [0.1, 0.15) is 49.4 Å². The molecular formula is C15H19N3O2S. The van der Waals surface area contributed by atoms with Gasteiger partial charge in [-0.3, -0.25) is 14.2 Å². The van der Waals surface area contributed by atoms with E-state index in [9.17, 15) is 9.59 Å². The number of aromatic nitrogens is 2. The van der Waals surface area contributed by atoms with E-state index in [2.05, 4.69) is 10.3 Å². The first kappa shape index (κ1) is 13.4. The maximum Gasteiger partial charge on any atom is 0.257 e. The van der Waals surface area contributed by atoms with Crippen molar-refractivity contribution in [3.8, 4) is 0 Å². The van der Waals surface area contributed by atoms with Gasteiger partial charge in [-0.1, -0.05) is 11.8 Å². The van der Waals surface area contributed by atoms with E-state index in [-0.39, 0.29) is 17.5 Å². The maximum absolute atomic E-state index is 12.7. The minimum Gasteiger partial charge on any atom is -0.353 e. The fourth-order valence-corrected chi connectivity index (χ4v) is 4.35. The van der Waals surface area contributed by atoms with Crippen LogP contribution in [0.3, 0.4) is 0 Å². The molecule has 0 spiro atoms. The molecular weight excluding hydrogens is 286 g/mol. The van der Waals surface area contributed by atoms with E-state index in [1.165, 1.54) is 0 Å². The van der Waals surface area contributed by atoms with Gasteiger partial charge in [-0.2, -0.15) is 0 Å². The van der Waals surface area contributed by atoms with Crippen molar-refractivity contribution in [2.75, 3.05) is 5.75 Å². The van der Waals surface area contributed by atoms with Crippen LogP contribution >= 0.6 is 11.8 Å². The average molecular weight is 305 g/mol. The van der Waals surface area contributed by atoms with Crippen LogP contribution in [0.15, 0.2) is 9.95 Å². The van der Waals surface area contributed by atoms with Gasteiger partial charge in [0.2, 0.25) is 5.91 Å². The van der Waals surface area contributed by atoms with Gasteiger partial charge in [0.15, 0.2) is 5.16 Å². The summed E-state index contributed by atoms with van der Waals surface area (Å²) >= 11 is 1.61. The first-order valence-electron chi connectivity index (χ1n) is 7.79. The second-order valence-corrected chi connectivity index (χ2v) is 7.20. The lowest BCUT2D eigenvalue weighted by molar-refractivity contribution is -0.121. The minimum absolute atomic E-state index is 0.0315. The first-order chi connectivity index (χ1) is 10.2. The first-order valence-corrected chi connectivity index (χ1v) is 8.77. The number of carbonyl (C=O) groups is 1. The predicted molar refractivity (Wildman–Crippen MR) is 80.7 cm³/mol. The SMILES string of the molecule is O=C(CC1CSc2nc3c(c(=O)n21)CCCC3)NC1CC1. The van der Waals surface area contributed by atoms with Crippen LogP contribution in [-0.4, -0.2) is 27.3 Å². The third kappa shape index (κ3) is 2.50.